The number of amides is 3. The van der Waals surface area contributed by atoms with Gasteiger partial charge in [-0.25, -0.2) is 4.79 Å². The topological polar surface area (TPSA) is 92.8 Å². The van der Waals surface area contributed by atoms with E-state index >= 15 is 0 Å². The molecule has 166 valence electrons. The summed E-state index contributed by atoms with van der Waals surface area (Å²) >= 11 is 0. The highest BCUT2D eigenvalue weighted by atomic mass is 16.5. The molecule has 2 aliphatic rings. The maximum Gasteiger partial charge on any atom is 0.338 e. The molecule has 2 aromatic carbocycles. The van der Waals surface area contributed by atoms with Gasteiger partial charge in [-0.1, -0.05) is 31.4 Å². The van der Waals surface area contributed by atoms with Crippen LogP contribution in [0.25, 0.3) is 0 Å². The minimum Gasteiger partial charge on any atom is -0.452 e. The average molecular weight is 434 g/mol. The summed E-state index contributed by atoms with van der Waals surface area (Å²) in [6.45, 7) is 3.39. The number of fused-ring (bicyclic) bond motifs is 1. The van der Waals surface area contributed by atoms with Gasteiger partial charge in [0, 0.05) is 11.7 Å². The highest BCUT2D eigenvalue weighted by molar-refractivity contribution is 6.22. The number of nitrogens with zero attached hydrogens (tertiary/aromatic N) is 1. The molecule has 0 unspecified atom stereocenters. The summed E-state index contributed by atoms with van der Waals surface area (Å²) in [6.07, 6.45) is 4.75. The smallest absolute Gasteiger partial charge is 0.338 e. The van der Waals surface area contributed by atoms with Crippen LogP contribution in [0.3, 0.4) is 0 Å². The van der Waals surface area contributed by atoms with Gasteiger partial charge in [-0.3, -0.25) is 19.3 Å². The van der Waals surface area contributed by atoms with E-state index in [1.807, 2.05) is 26.0 Å². The van der Waals surface area contributed by atoms with Crippen LogP contribution in [-0.2, 0) is 9.53 Å². The third-order valence-electron chi connectivity index (χ3n) is 6.31. The predicted octanol–water partition coefficient (Wildman–Crippen LogP) is 4.03. The van der Waals surface area contributed by atoms with Crippen molar-refractivity contribution in [3.05, 3.63) is 64.2 Å². The lowest BCUT2D eigenvalue weighted by Gasteiger charge is -2.29. The van der Waals surface area contributed by atoms with Crippen LogP contribution in [0.2, 0.25) is 0 Å². The van der Waals surface area contributed by atoms with Crippen molar-refractivity contribution in [2.45, 2.75) is 52.0 Å². The van der Waals surface area contributed by atoms with Crippen molar-refractivity contribution in [1.82, 2.24) is 4.90 Å². The molecule has 4 rings (SSSR count). The number of nitrogens with one attached hydrogen (secondary N) is 1. The number of aryl methyl sites for hydroxylation is 1. The van der Waals surface area contributed by atoms with Gasteiger partial charge in [-0.15, -0.1) is 0 Å². The normalized spacial score (nSPS) is 16.1. The number of esters is 1. The van der Waals surface area contributed by atoms with Crippen LogP contribution in [0.1, 0.15) is 74.3 Å². The first kappa shape index (κ1) is 21.7. The fourth-order valence-electron chi connectivity index (χ4n) is 4.34. The number of rotatable bonds is 5. The zero-order chi connectivity index (χ0) is 22.8. The van der Waals surface area contributed by atoms with Crippen LogP contribution in [-0.4, -0.2) is 41.2 Å². The molecule has 0 aromatic heterocycles. The average Bonchev–Trinajstić information content (AvgIpc) is 3.05. The standard InChI is InChI=1S/C25H26N2O5/c1-15-7-6-10-21(16(15)2)26-22(28)14-32-25(31)17-11-12-19-20(13-17)24(30)27(23(19)29)18-8-4-3-5-9-18/h6-7,10-13,18H,3-5,8-9,14H2,1-2H3,(H,26,28). The Morgan fingerprint density at radius 1 is 1.00 bits per heavy atom. The number of ether oxygens (including phenoxy) is 1. The second-order valence-electron chi connectivity index (χ2n) is 8.40. The van der Waals surface area contributed by atoms with E-state index in [1.54, 1.807) is 6.07 Å². The van der Waals surface area contributed by atoms with E-state index in [1.165, 1.54) is 23.1 Å². The number of anilines is 1. The van der Waals surface area contributed by atoms with Crippen molar-refractivity contribution in [3.8, 4) is 0 Å². The summed E-state index contributed by atoms with van der Waals surface area (Å²) in [6, 6.07) is 9.82. The van der Waals surface area contributed by atoms with Gasteiger partial charge in [0.1, 0.15) is 0 Å². The van der Waals surface area contributed by atoms with Gasteiger partial charge in [-0.05, 0) is 62.1 Å². The lowest BCUT2D eigenvalue weighted by Crippen LogP contribution is -2.40. The molecule has 1 N–H and O–H groups in total. The summed E-state index contributed by atoms with van der Waals surface area (Å²) < 4.78 is 5.14. The van der Waals surface area contributed by atoms with Crippen molar-refractivity contribution in [2.75, 3.05) is 11.9 Å². The van der Waals surface area contributed by atoms with Gasteiger partial charge in [-0.2, -0.15) is 0 Å². The predicted molar refractivity (Wildman–Crippen MR) is 119 cm³/mol. The van der Waals surface area contributed by atoms with Crippen LogP contribution < -0.4 is 5.32 Å². The molecule has 7 nitrogen and oxygen atoms in total. The highest BCUT2D eigenvalue weighted by Gasteiger charge is 2.40. The Bertz CT molecular complexity index is 1100. The Morgan fingerprint density at radius 3 is 2.47 bits per heavy atom. The summed E-state index contributed by atoms with van der Waals surface area (Å²) in [5.41, 5.74) is 3.31. The summed E-state index contributed by atoms with van der Waals surface area (Å²) in [7, 11) is 0. The van der Waals surface area contributed by atoms with Crippen molar-refractivity contribution in [1.29, 1.82) is 0 Å². The van der Waals surface area contributed by atoms with Crippen molar-refractivity contribution in [3.63, 3.8) is 0 Å². The van der Waals surface area contributed by atoms with E-state index in [0.717, 1.165) is 43.2 Å². The van der Waals surface area contributed by atoms with Crippen LogP contribution in [0.4, 0.5) is 5.69 Å². The Balaban J connectivity index is 1.41. The number of carbonyl (C=O) groups is 4. The van der Waals surface area contributed by atoms with E-state index in [4.69, 9.17) is 4.74 Å². The molecule has 1 fully saturated rings. The molecular weight excluding hydrogens is 408 g/mol. The van der Waals surface area contributed by atoms with Gasteiger partial charge < -0.3 is 10.1 Å². The molecule has 2 aromatic rings. The van der Waals surface area contributed by atoms with E-state index in [0.29, 0.717) is 11.3 Å². The molecule has 0 saturated heterocycles. The maximum absolute atomic E-state index is 12.9. The first-order valence-electron chi connectivity index (χ1n) is 10.9. The number of hydrogen-bond acceptors (Lipinski definition) is 5. The molecule has 1 aliphatic heterocycles. The Kier molecular flexibility index (Phi) is 6.08. The highest BCUT2D eigenvalue weighted by Crippen LogP contribution is 2.31. The monoisotopic (exact) mass is 434 g/mol. The summed E-state index contributed by atoms with van der Waals surface area (Å²) in [5, 5.41) is 2.73. The number of carbonyl (C=O) groups excluding carboxylic acids is 4. The van der Waals surface area contributed by atoms with Crippen molar-refractivity contribution in [2.24, 2.45) is 0 Å². The first-order chi connectivity index (χ1) is 15.4. The fraction of sp³-hybridized carbons (Fsp3) is 0.360. The molecule has 1 saturated carbocycles. The number of imide groups is 1. The van der Waals surface area contributed by atoms with Crippen LogP contribution in [0.15, 0.2) is 36.4 Å². The second-order valence-corrected chi connectivity index (χ2v) is 8.40. The summed E-state index contributed by atoms with van der Waals surface area (Å²) in [4.78, 5) is 51.7. The molecule has 1 heterocycles. The van der Waals surface area contributed by atoms with Gasteiger partial charge >= 0.3 is 5.97 Å². The molecule has 0 bridgehead atoms. The quantitative estimate of drug-likeness (QED) is 0.567. The zero-order valence-corrected chi connectivity index (χ0v) is 18.3. The third kappa shape index (κ3) is 4.15. The summed E-state index contributed by atoms with van der Waals surface area (Å²) in [5.74, 6) is -1.84. The fourth-order valence-corrected chi connectivity index (χ4v) is 4.34. The van der Waals surface area contributed by atoms with Gasteiger partial charge in [0.05, 0.1) is 16.7 Å². The third-order valence-corrected chi connectivity index (χ3v) is 6.31. The largest absolute Gasteiger partial charge is 0.452 e. The van der Waals surface area contributed by atoms with Crippen LogP contribution in [0.5, 0.6) is 0 Å². The maximum atomic E-state index is 12.9. The molecule has 0 radical (unpaired) electrons. The lowest BCUT2D eigenvalue weighted by atomic mass is 9.94. The van der Waals surface area contributed by atoms with Gasteiger partial charge in [0.2, 0.25) is 0 Å². The van der Waals surface area contributed by atoms with Crippen molar-refractivity contribution < 1.29 is 23.9 Å². The van der Waals surface area contributed by atoms with Gasteiger partial charge in [0.15, 0.2) is 6.61 Å². The van der Waals surface area contributed by atoms with Crippen LogP contribution in [0, 0.1) is 13.8 Å². The zero-order valence-electron chi connectivity index (χ0n) is 18.3. The minimum absolute atomic E-state index is 0.0830. The molecule has 0 spiro atoms. The number of benzene rings is 2. The Labute approximate surface area is 186 Å². The SMILES string of the molecule is Cc1cccc(NC(=O)COC(=O)c2ccc3c(c2)C(=O)N(C2CCCCC2)C3=O)c1C. The van der Waals surface area contributed by atoms with Gasteiger partial charge in [0.25, 0.3) is 17.7 Å². The van der Waals surface area contributed by atoms with Crippen molar-refractivity contribution >= 4 is 29.4 Å². The number of hydrogen-bond donors (Lipinski definition) is 1. The second kappa shape index (κ2) is 8.94. The van der Waals surface area contributed by atoms with E-state index in [9.17, 15) is 19.2 Å². The molecule has 0 atom stereocenters. The molecule has 1 aliphatic carbocycles. The minimum atomic E-state index is -0.722. The Hall–Kier alpha value is -3.48. The first-order valence-corrected chi connectivity index (χ1v) is 10.9. The molecule has 3 amide bonds. The Morgan fingerprint density at radius 2 is 1.72 bits per heavy atom. The van der Waals surface area contributed by atoms with Crippen LogP contribution >= 0.6 is 0 Å². The molecule has 7 heteroatoms. The van der Waals surface area contributed by atoms with E-state index in [2.05, 4.69) is 5.32 Å². The van der Waals surface area contributed by atoms with E-state index < -0.39 is 18.5 Å². The molecule has 32 heavy (non-hydrogen) atoms. The van der Waals surface area contributed by atoms with E-state index in [-0.39, 0.29) is 29.0 Å². The molecular formula is C25H26N2O5. The lowest BCUT2D eigenvalue weighted by molar-refractivity contribution is -0.119.